The zero-order valence-electron chi connectivity index (χ0n) is 24.5. The maximum atomic E-state index is 13.2. The predicted molar refractivity (Wildman–Crippen MR) is 171 cm³/mol. The number of likely N-dealkylation sites (tertiary alicyclic amines) is 1. The molecule has 220 valence electrons. The summed E-state index contributed by atoms with van der Waals surface area (Å²) in [6, 6.07) is 12.3. The highest BCUT2D eigenvalue weighted by Crippen LogP contribution is 2.32. The van der Waals surface area contributed by atoms with Gasteiger partial charge in [0.05, 0.1) is 23.0 Å². The first-order valence-corrected chi connectivity index (χ1v) is 14.9. The number of aromatic amines is 1. The summed E-state index contributed by atoms with van der Waals surface area (Å²) in [6.07, 6.45) is 9.04. The Morgan fingerprint density at radius 3 is 2.47 bits per heavy atom. The van der Waals surface area contributed by atoms with Crippen LogP contribution in [0.25, 0.3) is 33.1 Å². The predicted octanol–water partition coefficient (Wildman–Crippen LogP) is 4.08. The number of likely N-dealkylation sites (N-methyl/N-ethyl adjacent to an activating group) is 1. The average Bonchev–Trinajstić information content (AvgIpc) is 3.46. The van der Waals surface area contributed by atoms with E-state index in [2.05, 4.69) is 76.5 Å². The number of piperazine rings is 1. The number of nitrogens with zero attached hydrogens (tertiary/aromatic N) is 7. The van der Waals surface area contributed by atoms with E-state index >= 15 is 0 Å². The summed E-state index contributed by atoms with van der Waals surface area (Å²) in [5.41, 5.74) is 4.70. The van der Waals surface area contributed by atoms with Crippen molar-refractivity contribution in [3.8, 4) is 11.1 Å². The lowest BCUT2D eigenvalue weighted by Gasteiger charge is -2.33. The molecule has 0 radical (unpaired) electrons. The molecule has 0 unspecified atom stereocenters. The molecule has 7 rings (SSSR count). The summed E-state index contributed by atoms with van der Waals surface area (Å²) in [5.74, 6) is 1.55. The fraction of sp³-hybridized carbons (Fsp3) is 0.344. The number of fused-ring (bicyclic) bond motifs is 2. The van der Waals surface area contributed by atoms with Gasteiger partial charge in [-0.25, -0.2) is 19.9 Å². The van der Waals surface area contributed by atoms with E-state index in [4.69, 9.17) is 0 Å². The van der Waals surface area contributed by atoms with Gasteiger partial charge in [0, 0.05) is 61.0 Å². The van der Waals surface area contributed by atoms with Gasteiger partial charge in [-0.05, 0) is 75.9 Å². The minimum atomic E-state index is -0.229. The normalized spacial score (nSPS) is 17.0. The van der Waals surface area contributed by atoms with Gasteiger partial charge in [-0.1, -0.05) is 6.07 Å². The van der Waals surface area contributed by atoms with Crippen molar-refractivity contribution in [2.75, 3.05) is 68.9 Å². The zero-order chi connectivity index (χ0) is 29.3. The molecule has 2 aliphatic heterocycles. The van der Waals surface area contributed by atoms with E-state index in [1.165, 1.54) is 0 Å². The Hall–Kier alpha value is -4.61. The number of pyridine rings is 2. The van der Waals surface area contributed by atoms with Crippen LogP contribution in [0.4, 0.5) is 17.3 Å². The average molecular weight is 577 g/mol. The van der Waals surface area contributed by atoms with Crippen LogP contribution in [0.1, 0.15) is 23.2 Å². The number of carbonyl (C=O) groups excluding carboxylic acids is 1. The maximum absolute atomic E-state index is 13.2. The molecular formula is C32H36N10O. The molecule has 4 aromatic heterocycles. The highest BCUT2D eigenvalue weighted by molar-refractivity contribution is 6.07. The first kappa shape index (κ1) is 27.2. The summed E-state index contributed by atoms with van der Waals surface area (Å²) in [4.78, 5) is 41.7. The van der Waals surface area contributed by atoms with E-state index in [1.54, 1.807) is 18.7 Å². The van der Waals surface area contributed by atoms with Gasteiger partial charge in [0.15, 0.2) is 0 Å². The molecule has 1 aromatic carbocycles. The monoisotopic (exact) mass is 576 g/mol. The number of rotatable bonds is 6. The molecule has 2 saturated heterocycles. The molecule has 0 saturated carbocycles. The second-order valence-electron chi connectivity index (χ2n) is 11.6. The highest BCUT2D eigenvalue weighted by atomic mass is 16.1. The molecule has 3 N–H and O–H groups in total. The van der Waals surface area contributed by atoms with E-state index < -0.39 is 0 Å². The first-order valence-electron chi connectivity index (χ1n) is 14.9. The standard InChI is InChI=1S/C32H36N10O/c1-40-9-7-23(8-10-40)38-31-26-15-21(3-5-28(26)36-20-37-31)27-19-35-30-25(27)16-22(17-34-30)32(43)39-24-4-6-29(33-18-24)42-13-11-41(2)12-14-42/h3-6,15-20,23H,7-14H2,1-2H3,(H,34,35)(H,39,43)(H,36,37,38). The van der Waals surface area contributed by atoms with Crippen LogP contribution >= 0.6 is 0 Å². The topological polar surface area (TPSA) is 118 Å². The van der Waals surface area contributed by atoms with Crippen molar-refractivity contribution < 1.29 is 4.79 Å². The molecule has 0 aliphatic carbocycles. The number of hydrogen-bond donors (Lipinski definition) is 3. The van der Waals surface area contributed by atoms with Gasteiger partial charge in [-0.2, -0.15) is 0 Å². The molecular weight excluding hydrogens is 540 g/mol. The number of carbonyl (C=O) groups is 1. The Kier molecular flexibility index (Phi) is 7.33. The van der Waals surface area contributed by atoms with Gasteiger partial charge in [-0.15, -0.1) is 0 Å². The largest absolute Gasteiger partial charge is 0.367 e. The van der Waals surface area contributed by atoms with Gasteiger partial charge in [0.2, 0.25) is 0 Å². The van der Waals surface area contributed by atoms with E-state index in [-0.39, 0.29) is 5.91 Å². The van der Waals surface area contributed by atoms with Gasteiger partial charge < -0.3 is 30.3 Å². The summed E-state index contributed by atoms with van der Waals surface area (Å²) in [7, 11) is 4.30. The molecule has 0 atom stereocenters. The Bertz CT molecular complexity index is 1750. The smallest absolute Gasteiger partial charge is 0.257 e. The lowest BCUT2D eigenvalue weighted by atomic mass is 10.0. The number of piperidine rings is 1. The molecule has 0 bridgehead atoms. The minimum Gasteiger partial charge on any atom is -0.367 e. The minimum absolute atomic E-state index is 0.229. The van der Waals surface area contributed by atoms with Crippen LogP contribution in [0.5, 0.6) is 0 Å². The number of hydrogen-bond acceptors (Lipinski definition) is 9. The second kappa shape index (κ2) is 11.6. The quantitative estimate of drug-likeness (QED) is 0.275. The Morgan fingerprint density at radius 1 is 0.860 bits per heavy atom. The van der Waals surface area contributed by atoms with Crippen molar-refractivity contribution in [1.29, 1.82) is 0 Å². The fourth-order valence-corrected chi connectivity index (χ4v) is 5.94. The molecule has 2 aliphatic rings. The van der Waals surface area contributed by atoms with Crippen LogP contribution in [-0.4, -0.2) is 100 Å². The van der Waals surface area contributed by atoms with Crippen molar-refractivity contribution in [2.24, 2.45) is 0 Å². The fourth-order valence-electron chi connectivity index (χ4n) is 5.94. The summed E-state index contributed by atoms with van der Waals surface area (Å²) < 4.78 is 0. The van der Waals surface area contributed by atoms with E-state index in [1.807, 2.05) is 30.5 Å². The van der Waals surface area contributed by atoms with Crippen molar-refractivity contribution in [3.63, 3.8) is 0 Å². The SMILES string of the molecule is CN1CCC(Nc2ncnc3ccc(-c4c[nH]c5ncc(C(=O)Nc6ccc(N7CCN(C)CC7)nc6)cc45)cc23)CC1. The van der Waals surface area contributed by atoms with Crippen LogP contribution in [0.3, 0.4) is 0 Å². The lowest BCUT2D eigenvalue weighted by Crippen LogP contribution is -2.44. The van der Waals surface area contributed by atoms with Gasteiger partial charge >= 0.3 is 0 Å². The molecule has 11 heteroatoms. The third kappa shape index (κ3) is 5.73. The number of anilines is 3. The molecule has 6 heterocycles. The van der Waals surface area contributed by atoms with Crippen LogP contribution in [0.15, 0.2) is 61.3 Å². The van der Waals surface area contributed by atoms with Crippen LogP contribution < -0.4 is 15.5 Å². The third-order valence-corrected chi connectivity index (χ3v) is 8.63. The maximum Gasteiger partial charge on any atom is 0.257 e. The Balaban J connectivity index is 1.11. The molecule has 1 amide bonds. The number of amides is 1. The summed E-state index contributed by atoms with van der Waals surface area (Å²) >= 11 is 0. The van der Waals surface area contributed by atoms with Crippen molar-refractivity contribution in [3.05, 3.63) is 66.9 Å². The lowest BCUT2D eigenvalue weighted by molar-refractivity contribution is 0.102. The number of H-pyrrole nitrogens is 1. The molecule has 2 fully saturated rings. The van der Waals surface area contributed by atoms with Crippen LogP contribution in [0, 0.1) is 0 Å². The highest BCUT2D eigenvalue weighted by Gasteiger charge is 2.19. The van der Waals surface area contributed by atoms with Crippen molar-refractivity contribution in [2.45, 2.75) is 18.9 Å². The molecule has 11 nitrogen and oxygen atoms in total. The van der Waals surface area contributed by atoms with E-state index in [0.29, 0.717) is 17.3 Å². The summed E-state index contributed by atoms with van der Waals surface area (Å²) in [5, 5.41) is 8.49. The van der Waals surface area contributed by atoms with Gasteiger partial charge in [-0.3, -0.25) is 4.79 Å². The molecule has 43 heavy (non-hydrogen) atoms. The second-order valence-corrected chi connectivity index (χ2v) is 11.6. The number of nitrogens with one attached hydrogen (secondary N) is 3. The van der Waals surface area contributed by atoms with Gasteiger partial charge in [0.25, 0.3) is 5.91 Å². The van der Waals surface area contributed by atoms with Crippen LogP contribution in [0.2, 0.25) is 0 Å². The number of aromatic nitrogens is 5. The van der Waals surface area contributed by atoms with Gasteiger partial charge in [0.1, 0.15) is 23.6 Å². The molecule has 0 spiro atoms. The Morgan fingerprint density at radius 2 is 1.67 bits per heavy atom. The van der Waals surface area contributed by atoms with Crippen molar-refractivity contribution in [1.82, 2.24) is 34.7 Å². The molecule has 5 aromatic rings. The van der Waals surface area contributed by atoms with E-state index in [9.17, 15) is 4.79 Å². The third-order valence-electron chi connectivity index (χ3n) is 8.63. The first-order chi connectivity index (χ1) is 21.0. The Labute approximate surface area is 250 Å². The zero-order valence-corrected chi connectivity index (χ0v) is 24.5. The van der Waals surface area contributed by atoms with Crippen LogP contribution in [-0.2, 0) is 0 Å². The summed E-state index contributed by atoms with van der Waals surface area (Å²) in [6.45, 7) is 6.06. The van der Waals surface area contributed by atoms with Crippen molar-refractivity contribution >= 4 is 45.2 Å². The number of benzene rings is 1. The van der Waals surface area contributed by atoms with E-state index in [0.717, 1.165) is 96.8 Å².